The van der Waals surface area contributed by atoms with Gasteiger partial charge in [-0.3, -0.25) is 9.59 Å². The van der Waals surface area contributed by atoms with Crippen molar-refractivity contribution in [2.75, 3.05) is 28.4 Å². The molecule has 0 atom stereocenters. The van der Waals surface area contributed by atoms with E-state index < -0.39 is 0 Å². The number of carbonyl (C=O) groups excluding carboxylic acids is 1. The van der Waals surface area contributed by atoms with Crippen molar-refractivity contribution in [2.24, 2.45) is 0 Å². The van der Waals surface area contributed by atoms with E-state index in [0.29, 0.717) is 17.8 Å². The summed E-state index contributed by atoms with van der Waals surface area (Å²) in [5.74, 6) is 1.04. The van der Waals surface area contributed by atoms with Gasteiger partial charge in [0.25, 0.3) is 0 Å². The van der Waals surface area contributed by atoms with Crippen molar-refractivity contribution in [1.29, 1.82) is 0 Å². The lowest BCUT2D eigenvalue weighted by molar-refractivity contribution is 0.112. The molecule has 1 heterocycles. The standard InChI is InChI=1S/C18H16O7/c1-21-12-7-11-13(20)10-6-5-9(8-19)14(22-2)15(10)25-16(11)18(24-4)17(12)23-3/h5-8H,1-4H3. The van der Waals surface area contributed by atoms with Crippen LogP contribution in [0.1, 0.15) is 10.4 Å². The number of hydrogen-bond acceptors (Lipinski definition) is 7. The molecule has 7 nitrogen and oxygen atoms in total. The second-order valence-electron chi connectivity index (χ2n) is 5.14. The summed E-state index contributed by atoms with van der Waals surface area (Å²) in [6.45, 7) is 0. The largest absolute Gasteiger partial charge is 0.493 e. The van der Waals surface area contributed by atoms with Gasteiger partial charge in [-0.15, -0.1) is 0 Å². The molecule has 3 aromatic rings. The molecule has 25 heavy (non-hydrogen) atoms. The van der Waals surface area contributed by atoms with Gasteiger partial charge in [-0.25, -0.2) is 0 Å². The van der Waals surface area contributed by atoms with Gasteiger partial charge < -0.3 is 23.4 Å². The van der Waals surface area contributed by atoms with Crippen LogP contribution in [0.2, 0.25) is 0 Å². The number of fused-ring (bicyclic) bond motifs is 2. The lowest BCUT2D eigenvalue weighted by Crippen LogP contribution is -2.06. The predicted molar refractivity (Wildman–Crippen MR) is 91.6 cm³/mol. The van der Waals surface area contributed by atoms with Gasteiger partial charge in [-0.05, 0) is 18.2 Å². The molecule has 0 amide bonds. The molecule has 0 aliphatic rings. The Balaban J connectivity index is 2.58. The summed E-state index contributed by atoms with van der Waals surface area (Å²) in [4.78, 5) is 24.2. The highest BCUT2D eigenvalue weighted by atomic mass is 16.5. The van der Waals surface area contributed by atoms with Gasteiger partial charge in [-0.1, -0.05) is 0 Å². The SMILES string of the molecule is COc1cc2c(=O)c3ccc(C=O)c(OC)c3oc2c(OC)c1OC. The Labute approximate surface area is 142 Å². The lowest BCUT2D eigenvalue weighted by Gasteiger charge is -2.15. The van der Waals surface area contributed by atoms with E-state index in [1.807, 2.05) is 0 Å². The van der Waals surface area contributed by atoms with Crippen molar-refractivity contribution >= 4 is 28.2 Å². The zero-order chi connectivity index (χ0) is 18.1. The highest BCUT2D eigenvalue weighted by Crippen LogP contribution is 2.44. The third kappa shape index (κ3) is 2.36. The number of benzene rings is 2. The summed E-state index contributed by atoms with van der Waals surface area (Å²) in [7, 11) is 5.75. The molecular weight excluding hydrogens is 328 g/mol. The van der Waals surface area contributed by atoms with Gasteiger partial charge in [0.2, 0.25) is 16.9 Å². The molecule has 0 aliphatic carbocycles. The normalized spacial score (nSPS) is 10.7. The summed E-state index contributed by atoms with van der Waals surface area (Å²) < 4.78 is 27.2. The minimum absolute atomic E-state index is 0.162. The van der Waals surface area contributed by atoms with Crippen LogP contribution in [0.3, 0.4) is 0 Å². The highest BCUT2D eigenvalue weighted by molar-refractivity contribution is 5.99. The first-order valence-corrected chi connectivity index (χ1v) is 7.32. The quantitative estimate of drug-likeness (QED) is 0.520. The van der Waals surface area contributed by atoms with Crippen LogP contribution < -0.4 is 24.4 Å². The van der Waals surface area contributed by atoms with Gasteiger partial charge in [0.15, 0.2) is 29.0 Å². The number of hydrogen-bond donors (Lipinski definition) is 0. The van der Waals surface area contributed by atoms with E-state index >= 15 is 0 Å². The Morgan fingerprint density at radius 2 is 1.48 bits per heavy atom. The van der Waals surface area contributed by atoms with Crippen molar-refractivity contribution in [3.8, 4) is 23.0 Å². The average molecular weight is 344 g/mol. The fourth-order valence-corrected chi connectivity index (χ4v) is 2.81. The highest BCUT2D eigenvalue weighted by Gasteiger charge is 2.23. The molecule has 0 bridgehead atoms. The van der Waals surface area contributed by atoms with Crippen LogP contribution in [0.25, 0.3) is 21.9 Å². The third-order valence-corrected chi connectivity index (χ3v) is 3.95. The first-order chi connectivity index (χ1) is 12.1. The fraction of sp³-hybridized carbons (Fsp3) is 0.222. The molecule has 0 radical (unpaired) electrons. The van der Waals surface area contributed by atoms with Crippen molar-refractivity contribution in [3.05, 3.63) is 34.0 Å². The van der Waals surface area contributed by atoms with E-state index in [4.69, 9.17) is 23.4 Å². The van der Waals surface area contributed by atoms with E-state index in [1.165, 1.54) is 46.6 Å². The Kier molecular flexibility index (Phi) is 4.22. The average Bonchev–Trinajstić information content (AvgIpc) is 2.65. The summed E-state index contributed by atoms with van der Waals surface area (Å²) >= 11 is 0. The predicted octanol–water partition coefficient (Wildman–Crippen LogP) is 2.79. The summed E-state index contributed by atoms with van der Waals surface area (Å²) in [5, 5.41) is 0.548. The van der Waals surface area contributed by atoms with E-state index in [-0.39, 0.29) is 44.4 Å². The van der Waals surface area contributed by atoms with Crippen LogP contribution in [-0.2, 0) is 0 Å². The topological polar surface area (TPSA) is 84.2 Å². The first-order valence-electron chi connectivity index (χ1n) is 7.32. The monoisotopic (exact) mass is 344 g/mol. The van der Waals surface area contributed by atoms with Crippen LogP contribution in [0.15, 0.2) is 27.4 Å². The second kappa shape index (κ2) is 6.35. The van der Waals surface area contributed by atoms with E-state index in [2.05, 4.69) is 0 Å². The molecule has 0 aliphatic heterocycles. The maximum atomic E-state index is 12.9. The van der Waals surface area contributed by atoms with Crippen LogP contribution in [0, 0.1) is 0 Å². The summed E-state index contributed by atoms with van der Waals surface area (Å²) in [6.07, 6.45) is 0.633. The molecule has 0 unspecified atom stereocenters. The van der Waals surface area contributed by atoms with Crippen LogP contribution in [0.4, 0.5) is 0 Å². The zero-order valence-corrected chi connectivity index (χ0v) is 14.2. The zero-order valence-electron chi connectivity index (χ0n) is 14.2. The molecule has 0 N–H and O–H groups in total. The molecule has 0 fully saturated rings. The Morgan fingerprint density at radius 3 is 2.04 bits per heavy atom. The molecule has 0 saturated carbocycles. The molecule has 2 aromatic carbocycles. The van der Waals surface area contributed by atoms with E-state index in [1.54, 1.807) is 0 Å². The molecule has 1 aromatic heterocycles. The van der Waals surface area contributed by atoms with Gasteiger partial charge in [0.1, 0.15) is 0 Å². The molecule has 130 valence electrons. The Bertz CT molecular complexity index is 1030. The lowest BCUT2D eigenvalue weighted by atomic mass is 10.1. The summed E-state index contributed by atoms with van der Waals surface area (Å²) in [5.41, 5.74) is 0.317. The van der Waals surface area contributed by atoms with Crippen molar-refractivity contribution < 1.29 is 28.2 Å². The number of ether oxygens (including phenoxy) is 4. The number of rotatable bonds is 5. The van der Waals surface area contributed by atoms with Gasteiger partial charge >= 0.3 is 0 Å². The minimum atomic E-state index is -0.300. The fourth-order valence-electron chi connectivity index (χ4n) is 2.81. The number of aldehydes is 1. The Hall–Kier alpha value is -3.22. The first kappa shape index (κ1) is 16.6. The van der Waals surface area contributed by atoms with Gasteiger partial charge in [0, 0.05) is 0 Å². The van der Waals surface area contributed by atoms with Crippen molar-refractivity contribution in [1.82, 2.24) is 0 Å². The van der Waals surface area contributed by atoms with E-state index in [9.17, 15) is 9.59 Å². The van der Waals surface area contributed by atoms with Gasteiger partial charge in [-0.2, -0.15) is 0 Å². The molecule has 0 spiro atoms. The maximum Gasteiger partial charge on any atom is 0.208 e. The van der Waals surface area contributed by atoms with E-state index in [0.717, 1.165) is 0 Å². The van der Waals surface area contributed by atoms with Crippen molar-refractivity contribution in [3.63, 3.8) is 0 Å². The molecule has 7 heteroatoms. The smallest absolute Gasteiger partial charge is 0.208 e. The maximum absolute atomic E-state index is 12.9. The second-order valence-corrected chi connectivity index (χ2v) is 5.14. The molecule has 3 rings (SSSR count). The molecule has 0 saturated heterocycles. The summed E-state index contributed by atoms with van der Waals surface area (Å²) in [6, 6.07) is 4.56. The molecular formula is C18H16O7. The third-order valence-electron chi connectivity index (χ3n) is 3.95. The minimum Gasteiger partial charge on any atom is -0.493 e. The Morgan fingerprint density at radius 1 is 0.840 bits per heavy atom. The van der Waals surface area contributed by atoms with Gasteiger partial charge in [0.05, 0.1) is 44.8 Å². The van der Waals surface area contributed by atoms with Crippen LogP contribution in [-0.4, -0.2) is 34.7 Å². The number of carbonyl (C=O) groups is 1. The van der Waals surface area contributed by atoms with Crippen molar-refractivity contribution in [2.45, 2.75) is 0 Å². The van der Waals surface area contributed by atoms with Crippen LogP contribution in [0.5, 0.6) is 23.0 Å². The number of methoxy groups -OCH3 is 4. The van der Waals surface area contributed by atoms with Crippen LogP contribution >= 0.6 is 0 Å².